The van der Waals surface area contributed by atoms with Crippen molar-refractivity contribution in [3.05, 3.63) is 16.9 Å². The van der Waals surface area contributed by atoms with Crippen LogP contribution in [0.4, 0.5) is 0 Å². The van der Waals surface area contributed by atoms with E-state index in [4.69, 9.17) is 16.3 Å². The number of rotatable bonds is 10. The number of hydrogen-bond acceptors (Lipinski definition) is 3. The Morgan fingerprint density at radius 3 is 2.84 bits per heavy atom. The number of nitrogens with one attached hydrogen (secondary N) is 1. The van der Waals surface area contributed by atoms with Crippen molar-refractivity contribution in [2.45, 2.75) is 52.6 Å². The number of ether oxygens (including phenoxy) is 1. The fourth-order valence-corrected chi connectivity index (χ4v) is 2.50. The molecule has 19 heavy (non-hydrogen) atoms. The molecule has 1 atom stereocenters. The summed E-state index contributed by atoms with van der Waals surface area (Å²) in [4.78, 5) is 0. The van der Waals surface area contributed by atoms with E-state index >= 15 is 0 Å². The van der Waals surface area contributed by atoms with E-state index in [2.05, 4.69) is 24.3 Å². The van der Waals surface area contributed by atoms with Gasteiger partial charge in [0.05, 0.1) is 23.0 Å². The van der Waals surface area contributed by atoms with E-state index in [1.165, 1.54) is 0 Å². The van der Waals surface area contributed by atoms with E-state index in [0.29, 0.717) is 0 Å². The molecule has 1 heterocycles. The van der Waals surface area contributed by atoms with Crippen molar-refractivity contribution in [3.63, 3.8) is 0 Å². The molecule has 1 aromatic heterocycles. The molecule has 0 fully saturated rings. The maximum atomic E-state index is 6.30. The average molecular weight is 288 g/mol. The van der Waals surface area contributed by atoms with E-state index in [1.807, 2.05) is 11.6 Å². The highest BCUT2D eigenvalue weighted by molar-refractivity contribution is 6.31. The molecule has 0 radical (unpaired) electrons. The second-order valence-electron chi connectivity index (χ2n) is 4.55. The third-order valence-corrected chi connectivity index (χ3v) is 3.33. The molecular formula is C14H26ClN3O. The van der Waals surface area contributed by atoms with Crippen molar-refractivity contribution in [1.82, 2.24) is 15.1 Å². The van der Waals surface area contributed by atoms with E-state index in [1.54, 1.807) is 6.20 Å². The molecule has 0 bridgehead atoms. The molecule has 0 saturated heterocycles. The van der Waals surface area contributed by atoms with E-state index in [9.17, 15) is 0 Å². The topological polar surface area (TPSA) is 39.1 Å². The Kier molecular flexibility index (Phi) is 8.10. The van der Waals surface area contributed by atoms with Crippen molar-refractivity contribution in [1.29, 1.82) is 0 Å². The minimum atomic E-state index is 0.256. The number of nitrogens with zero attached hydrogens (tertiary/aromatic N) is 2. The lowest BCUT2D eigenvalue weighted by Crippen LogP contribution is -2.24. The van der Waals surface area contributed by atoms with Crippen molar-refractivity contribution in [2.24, 2.45) is 0 Å². The van der Waals surface area contributed by atoms with Gasteiger partial charge in [0.2, 0.25) is 0 Å². The Bertz CT molecular complexity index is 354. The monoisotopic (exact) mass is 287 g/mol. The van der Waals surface area contributed by atoms with Gasteiger partial charge in [-0.15, -0.1) is 0 Å². The van der Waals surface area contributed by atoms with Crippen molar-refractivity contribution in [3.8, 4) is 0 Å². The zero-order valence-corrected chi connectivity index (χ0v) is 13.0. The predicted molar refractivity (Wildman–Crippen MR) is 79.7 cm³/mol. The molecule has 5 heteroatoms. The van der Waals surface area contributed by atoms with Gasteiger partial charge >= 0.3 is 0 Å². The van der Waals surface area contributed by atoms with Crippen LogP contribution >= 0.6 is 11.6 Å². The van der Waals surface area contributed by atoms with Crippen LogP contribution in [0.1, 0.15) is 51.8 Å². The Hall–Kier alpha value is -0.580. The lowest BCUT2D eigenvalue weighted by molar-refractivity contribution is 0.140. The summed E-state index contributed by atoms with van der Waals surface area (Å²) in [5.41, 5.74) is 1.11. The number of halogens is 1. The minimum Gasteiger partial charge on any atom is -0.382 e. The van der Waals surface area contributed by atoms with Crippen LogP contribution in [0.5, 0.6) is 0 Å². The Morgan fingerprint density at radius 1 is 1.42 bits per heavy atom. The molecule has 1 rings (SSSR count). The van der Waals surface area contributed by atoms with Crippen molar-refractivity contribution < 1.29 is 4.74 Å². The molecule has 4 nitrogen and oxygen atoms in total. The van der Waals surface area contributed by atoms with Crippen LogP contribution in [0.15, 0.2) is 6.20 Å². The van der Waals surface area contributed by atoms with Crippen molar-refractivity contribution in [2.75, 3.05) is 19.8 Å². The summed E-state index contributed by atoms with van der Waals surface area (Å²) in [5.74, 6) is 0. The van der Waals surface area contributed by atoms with Crippen LogP contribution in [0.3, 0.4) is 0 Å². The number of hydrogen-bond donors (Lipinski definition) is 1. The third kappa shape index (κ3) is 5.13. The molecule has 0 aliphatic carbocycles. The normalized spacial score (nSPS) is 12.8. The molecule has 1 N–H and O–H groups in total. The van der Waals surface area contributed by atoms with Gasteiger partial charge in [0.15, 0.2) is 0 Å². The first-order valence-electron chi connectivity index (χ1n) is 7.26. The zero-order chi connectivity index (χ0) is 14.1. The molecule has 110 valence electrons. The Labute approximate surface area is 121 Å². The Balaban J connectivity index is 2.70. The largest absolute Gasteiger partial charge is 0.382 e. The summed E-state index contributed by atoms with van der Waals surface area (Å²) >= 11 is 6.30. The SMILES string of the molecule is CCCn1ncc(Cl)c1C(CCCOCC)NCC. The highest BCUT2D eigenvalue weighted by Gasteiger charge is 2.19. The van der Waals surface area contributed by atoms with Crippen LogP contribution in [-0.4, -0.2) is 29.5 Å². The van der Waals surface area contributed by atoms with E-state index in [-0.39, 0.29) is 6.04 Å². The highest BCUT2D eigenvalue weighted by atomic mass is 35.5. The van der Waals surface area contributed by atoms with E-state index < -0.39 is 0 Å². The first-order chi connectivity index (χ1) is 9.24. The summed E-state index contributed by atoms with van der Waals surface area (Å²) in [6.45, 7) is 9.70. The van der Waals surface area contributed by atoms with Gasteiger partial charge < -0.3 is 10.1 Å². The zero-order valence-electron chi connectivity index (χ0n) is 12.3. The fraction of sp³-hybridized carbons (Fsp3) is 0.786. The molecular weight excluding hydrogens is 262 g/mol. The molecule has 1 aromatic rings. The molecule has 0 saturated carbocycles. The van der Waals surface area contributed by atoms with Gasteiger partial charge in [0.1, 0.15) is 0 Å². The van der Waals surface area contributed by atoms with Gasteiger partial charge in [-0.05, 0) is 32.7 Å². The summed E-state index contributed by atoms with van der Waals surface area (Å²) in [6.07, 6.45) is 4.85. The van der Waals surface area contributed by atoms with Crippen LogP contribution in [0.2, 0.25) is 5.02 Å². The predicted octanol–water partition coefficient (Wildman–Crippen LogP) is 3.41. The van der Waals surface area contributed by atoms with Gasteiger partial charge in [0.25, 0.3) is 0 Å². The smallest absolute Gasteiger partial charge is 0.0834 e. The van der Waals surface area contributed by atoms with Gasteiger partial charge in [-0.2, -0.15) is 5.10 Å². The summed E-state index contributed by atoms with van der Waals surface area (Å²) < 4.78 is 7.43. The maximum Gasteiger partial charge on any atom is 0.0834 e. The Morgan fingerprint density at radius 2 is 2.21 bits per heavy atom. The number of aryl methyl sites for hydroxylation is 1. The first-order valence-corrected chi connectivity index (χ1v) is 7.64. The molecule has 0 aromatic carbocycles. The lowest BCUT2D eigenvalue weighted by atomic mass is 10.1. The summed E-state index contributed by atoms with van der Waals surface area (Å²) in [5, 5.41) is 8.63. The van der Waals surface area contributed by atoms with E-state index in [0.717, 1.165) is 56.3 Å². The van der Waals surface area contributed by atoms with Gasteiger partial charge in [-0.1, -0.05) is 25.4 Å². The molecule has 0 spiro atoms. The quantitative estimate of drug-likeness (QED) is 0.670. The maximum absolute atomic E-state index is 6.30. The molecule has 0 aliphatic heterocycles. The average Bonchev–Trinajstić information content (AvgIpc) is 2.75. The summed E-state index contributed by atoms with van der Waals surface area (Å²) in [7, 11) is 0. The second kappa shape index (κ2) is 9.34. The first kappa shape index (κ1) is 16.5. The second-order valence-corrected chi connectivity index (χ2v) is 4.96. The summed E-state index contributed by atoms with van der Waals surface area (Å²) in [6, 6.07) is 0.256. The van der Waals surface area contributed by atoms with Gasteiger partial charge in [-0.25, -0.2) is 0 Å². The minimum absolute atomic E-state index is 0.256. The van der Waals surface area contributed by atoms with Crippen molar-refractivity contribution >= 4 is 11.6 Å². The van der Waals surface area contributed by atoms with Crippen LogP contribution < -0.4 is 5.32 Å². The van der Waals surface area contributed by atoms with Gasteiger partial charge in [-0.3, -0.25) is 4.68 Å². The lowest BCUT2D eigenvalue weighted by Gasteiger charge is -2.20. The van der Waals surface area contributed by atoms with Gasteiger partial charge in [0, 0.05) is 19.8 Å². The fourth-order valence-electron chi connectivity index (χ4n) is 2.22. The molecule has 1 unspecified atom stereocenters. The molecule has 0 aliphatic rings. The van der Waals surface area contributed by atoms with Crippen LogP contribution in [-0.2, 0) is 11.3 Å². The van der Waals surface area contributed by atoms with Crippen LogP contribution in [0, 0.1) is 0 Å². The van der Waals surface area contributed by atoms with Crippen LogP contribution in [0.25, 0.3) is 0 Å². The standard InChI is InChI=1S/C14H26ClN3O/c1-4-9-18-14(12(15)11-17-18)13(16-5-2)8-7-10-19-6-3/h11,13,16H,4-10H2,1-3H3. The third-order valence-electron chi connectivity index (χ3n) is 3.03. The molecule has 0 amide bonds. The highest BCUT2D eigenvalue weighted by Crippen LogP contribution is 2.26. The number of aromatic nitrogens is 2.